The second-order valence-electron chi connectivity index (χ2n) is 10.8. The van der Waals surface area contributed by atoms with Crippen LogP contribution in [0.5, 0.6) is 11.5 Å². The van der Waals surface area contributed by atoms with Crippen LogP contribution < -0.4 is 17.2 Å². The van der Waals surface area contributed by atoms with Gasteiger partial charge in [-0.2, -0.15) is 0 Å². The molecular formula is C32H30F4N2O6Ti. The van der Waals surface area contributed by atoms with Crippen molar-refractivity contribution in [2.75, 3.05) is 52.6 Å². The van der Waals surface area contributed by atoms with E-state index in [-0.39, 0.29) is 65.4 Å². The summed E-state index contributed by atoms with van der Waals surface area (Å²) in [6.07, 6.45) is 8.77. The van der Waals surface area contributed by atoms with Crippen molar-refractivity contribution >= 4 is 19.9 Å². The number of nitrogens with zero attached hydrogens (tertiary/aromatic N) is 2. The van der Waals surface area contributed by atoms with Gasteiger partial charge in [-0.05, 0) is 0 Å². The number of benzene rings is 2. The summed E-state index contributed by atoms with van der Waals surface area (Å²) in [5, 5.41) is 0. The van der Waals surface area contributed by atoms with Gasteiger partial charge in [0.1, 0.15) is 0 Å². The molecule has 0 radical (unpaired) electrons. The van der Waals surface area contributed by atoms with E-state index in [1.165, 1.54) is 9.80 Å². The van der Waals surface area contributed by atoms with Gasteiger partial charge in [0.15, 0.2) is 0 Å². The Hall–Kier alpha value is -3.71. The van der Waals surface area contributed by atoms with Gasteiger partial charge in [-0.15, -0.1) is 0 Å². The molecule has 2 fully saturated rings. The number of amides is 2. The van der Waals surface area contributed by atoms with Gasteiger partial charge < -0.3 is 0 Å². The molecule has 2 amide bonds. The number of hydrogen-bond acceptors (Lipinski definition) is 6. The molecule has 236 valence electrons. The van der Waals surface area contributed by atoms with Gasteiger partial charge in [0.05, 0.1) is 0 Å². The predicted octanol–water partition coefficient (Wildman–Crippen LogP) is 4.70. The average molecular weight is 662 g/mol. The molecule has 6 rings (SSSR count). The molecule has 0 spiro atoms. The number of rotatable bonds is 6. The molecule has 2 saturated heterocycles. The molecule has 0 atom stereocenters. The summed E-state index contributed by atoms with van der Waals surface area (Å²) in [6, 6.07) is 3.89. The Morgan fingerprint density at radius 2 is 1.04 bits per heavy atom. The molecule has 45 heavy (non-hydrogen) atoms. The van der Waals surface area contributed by atoms with Crippen molar-refractivity contribution in [3.63, 3.8) is 0 Å². The Kier molecular flexibility index (Phi) is 9.27. The monoisotopic (exact) mass is 662 g/mol. The number of carbonyl (C=O) groups is 2. The van der Waals surface area contributed by atoms with Gasteiger partial charge in [0.25, 0.3) is 0 Å². The zero-order valence-corrected chi connectivity index (χ0v) is 25.8. The van der Waals surface area contributed by atoms with Gasteiger partial charge in [-0.3, -0.25) is 0 Å². The van der Waals surface area contributed by atoms with Gasteiger partial charge in [-0.25, -0.2) is 0 Å². The van der Waals surface area contributed by atoms with Crippen molar-refractivity contribution in [3.8, 4) is 11.5 Å². The molecule has 8 nitrogen and oxygen atoms in total. The molecule has 0 aromatic heterocycles. The maximum atomic E-state index is 16.8. The van der Waals surface area contributed by atoms with Crippen LogP contribution in [0.3, 0.4) is 0 Å². The first-order valence-corrected chi connectivity index (χ1v) is 17.7. The topological polar surface area (TPSA) is 77.5 Å². The van der Waals surface area contributed by atoms with E-state index in [1.54, 1.807) is 36.5 Å². The Labute approximate surface area is 260 Å². The van der Waals surface area contributed by atoms with Crippen LogP contribution in [0, 0.1) is 23.3 Å². The zero-order chi connectivity index (χ0) is 31.6. The molecule has 0 N–H and O–H groups in total. The molecular weight excluding hydrogens is 632 g/mol. The van der Waals surface area contributed by atoms with Crippen molar-refractivity contribution in [3.05, 3.63) is 91.7 Å². The fourth-order valence-electron chi connectivity index (χ4n) is 6.15. The molecule has 2 aromatic carbocycles. The van der Waals surface area contributed by atoms with Gasteiger partial charge >= 0.3 is 261 Å². The third kappa shape index (κ3) is 5.87. The Morgan fingerprint density at radius 1 is 0.644 bits per heavy atom. The summed E-state index contributed by atoms with van der Waals surface area (Å²) >= 11 is -5.25. The van der Waals surface area contributed by atoms with Crippen molar-refractivity contribution in [2.24, 2.45) is 0 Å². The molecule has 0 bridgehead atoms. The first-order valence-electron chi connectivity index (χ1n) is 14.6. The van der Waals surface area contributed by atoms with Crippen LogP contribution in [-0.2, 0) is 26.1 Å². The molecule has 2 heterocycles. The normalized spacial score (nSPS) is 18.2. The third-order valence-corrected chi connectivity index (χ3v) is 16.2. The minimum absolute atomic E-state index is 0.185. The summed E-state index contributed by atoms with van der Waals surface area (Å²) in [5.41, 5.74) is 0. The summed E-state index contributed by atoms with van der Waals surface area (Å²) in [5.74, 6) is -5.63. The van der Waals surface area contributed by atoms with Crippen LogP contribution in [0.2, 0.25) is 0 Å². The number of allylic oxidation sites excluding steroid dienone is 8. The van der Waals surface area contributed by atoms with Crippen LogP contribution in [0.25, 0.3) is 0 Å². The fraction of sp³-hybridized carbons (Fsp3) is 0.312. The maximum absolute atomic E-state index is 16.8. The van der Waals surface area contributed by atoms with Crippen LogP contribution in [0.4, 0.5) is 27.2 Å². The number of halogens is 4. The summed E-state index contributed by atoms with van der Waals surface area (Å²) in [6.45, 7) is 1.99. The van der Waals surface area contributed by atoms with Crippen LogP contribution in [-0.4, -0.2) is 74.6 Å². The molecule has 0 saturated carbocycles. The van der Waals surface area contributed by atoms with Gasteiger partial charge in [0.2, 0.25) is 0 Å². The van der Waals surface area contributed by atoms with Crippen molar-refractivity contribution < 1.29 is 62.7 Å². The minimum atomic E-state index is -5.25. The van der Waals surface area contributed by atoms with E-state index in [9.17, 15) is 9.59 Å². The number of morpholine rings is 2. The molecule has 2 aliphatic heterocycles. The van der Waals surface area contributed by atoms with E-state index >= 15 is 17.6 Å². The standard InChI is InChI=1S/2C11H10F2NO3.2C5H5.Ti/c2*12-8-1-2-10(9(13)7-8)17-11(15)14-3-5-16-6-4-14;2*1-2-4-5-3-1;/h2*1-2H,3-6H2;2*1-3H,4H2;. The van der Waals surface area contributed by atoms with E-state index in [0.29, 0.717) is 7.76 Å². The van der Waals surface area contributed by atoms with E-state index in [4.69, 9.17) is 18.9 Å². The van der Waals surface area contributed by atoms with Crippen molar-refractivity contribution in [1.29, 1.82) is 0 Å². The number of hydrogen-bond donors (Lipinski definition) is 0. The van der Waals surface area contributed by atoms with Crippen LogP contribution in [0.15, 0.2) is 68.5 Å². The van der Waals surface area contributed by atoms with E-state index in [0.717, 1.165) is 24.3 Å². The quantitative estimate of drug-likeness (QED) is 0.330. The first-order chi connectivity index (χ1) is 21.8. The second kappa shape index (κ2) is 13.3. The number of carbonyl (C=O) groups excluding carboxylic acids is 2. The SMILES string of the molecule is O=C(Oc1ccc(F)[c]([Ti]([C]2=CC=CC2)([C]2=CC=CC2)[c]2c(F)ccc(OC(=O)N3CCOCC3)c2F)c1F)N1CCOCC1. The number of ether oxygens (including phenoxy) is 4. The van der Waals surface area contributed by atoms with E-state index in [1.807, 2.05) is 0 Å². The van der Waals surface area contributed by atoms with Crippen molar-refractivity contribution in [1.82, 2.24) is 9.80 Å². The Balaban J connectivity index is 1.52. The second-order valence-corrected chi connectivity index (χ2v) is 16.7. The molecule has 13 heteroatoms. The fourth-order valence-corrected chi connectivity index (χ4v) is 14.4. The average Bonchev–Trinajstić information content (AvgIpc) is 3.80. The summed E-state index contributed by atoms with van der Waals surface area (Å²) in [4.78, 5) is 28.5. The van der Waals surface area contributed by atoms with E-state index in [2.05, 4.69) is 0 Å². The Bertz CT molecular complexity index is 1510. The van der Waals surface area contributed by atoms with Crippen LogP contribution in [0.1, 0.15) is 12.8 Å². The van der Waals surface area contributed by atoms with Crippen molar-refractivity contribution in [2.45, 2.75) is 12.8 Å². The molecule has 4 aliphatic rings. The van der Waals surface area contributed by atoms with E-state index < -0.39 is 71.3 Å². The molecule has 2 aliphatic carbocycles. The Morgan fingerprint density at radius 3 is 1.40 bits per heavy atom. The zero-order valence-electron chi connectivity index (χ0n) is 24.2. The third-order valence-electron chi connectivity index (χ3n) is 8.30. The molecule has 2 aromatic rings. The van der Waals surface area contributed by atoms with Crippen LogP contribution >= 0.6 is 0 Å². The summed E-state index contributed by atoms with van der Waals surface area (Å²) in [7, 11) is 0. The predicted molar refractivity (Wildman–Crippen MR) is 152 cm³/mol. The van der Waals surface area contributed by atoms with Gasteiger partial charge in [-0.1, -0.05) is 0 Å². The summed E-state index contributed by atoms with van der Waals surface area (Å²) < 4.78 is 87.2. The van der Waals surface area contributed by atoms with Gasteiger partial charge in [0, 0.05) is 0 Å². The molecule has 0 unspecified atom stereocenters. The first kappa shape index (κ1) is 31.3.